The number of nitrogens with zero attached hydrogens (tertiary/aromatic N) is 4. The van der Waals surface area contributed by atoms with Crippen molar-refractivity contribution in [1.82, 2.24) is 18.9 Å². The molecule has 0 atom stereocenters. The summed E-state index contributed by atoms with van der Waals surface area (Å²) < 4.78 is 48.6. The number of aryl methyl sites for hydroxylation is 2. The maximum Gasteiger partial charge on any atom is 0.274 e. The molecule has 2 aliphatic carbocycles. The second kappa shape index (κ2) is 22.1. The number of hydrogen-bond acceptors (Lipinski definition) is 10. The molecule has 9 rings (SSSR count). The van der Waals surface area contributed by atoms with Crippen molar-refractivity contribution in [2.24, 2.45) is 11.8 Å². The largest absolute Gasteiger partial charge is 0.503 e. The van der Waals surface area contributed by atoms with Crippen LogP contribution in [0.4, 0.5) is 8.78 Å². The van der Waals surface area contributed by atoms with E-state index in [1.54, 1.807) is 60.5 Å². The van der Waals surface area contributed by atoms with Crippen molar-refractivity contribution in [3.05, 3.63) is 160 Å². The lowest BCUT2D eigenvalue weighted by atomic mass is 9.67. The topological polar surface area (TPSA) is 167 Å². The zero-order valence-corrected chi connectivity index (χ0v) is 42.5. The highest BCUT2D eigenvalue weighted by molar-refractivity contribution is 6.31. The van der Waals surface area contributed by atoms with Crippen LogP contribution in [0.3, 0.4) is 0 Å². The third-order valence-electron chi connectivity index (χ3n) is 14.1. The molecule has 0 saturated heterocycles. The number of aromatic hydroxyl groups is 1. The number of carbonyl (C=O) groups is 4. The fourth-order valence-electron chi connectivity index (χ4n) is 10.8. The van der Waals surface area contributed by atoms with Crippen LogP contribution in [0.15, 0.2) is 88.7 Å². The summed E-state index contributed by atoms with van der Waals surface area (Å²) >= 11 is 11.7. The highest BCUT2D eigenvalue weighted by Gasteiger charge is 2.53. The van der Waals surface area contributed by atoms with Gasteiger partial charge in [0.2, 0.25) is 10.9 Å². The van der Waals surface area contributed by atoms with Gasteiger partial charge >= 0.3 is 0 Å². The second-order valence-corrected chi connectivity index (χ2v) is 20.0. The van der Waals surface area contributed by atoms with Crippen molar-refractivity contribution in [1.29, 1.82) is 0 Å². The van der Waals surface area contributed by atoms with Gasteiger partial charge in [0.15, 0.2) is 34.5 Å². The first-order chi connectivity index (χ1) is 33.9. The van der Waals surface area contributed by atoms with Crippen molar-refractivity contribution in [2.45, 2.75) is 69.1 Å². The van der Waals surface area contributed by atoms with Gasteiger partial charge in [-0.05, 0) is 79.2 Å². The molecule has 4 heterocycles. The molecular formula is C53H55Cl3F2N4O10. The number of hydrogen-bond donors (Lipinski definition) is 1. The summed E-state index contributed by atoms with van der Waals surface area (Å²) in [6.45, 7) is 2.07. The standard InChI is InChI=1S/C30H30ClFN2O5.C23H24ClFN2O5.ClH/c1-33-18-30(13-20(14-30)16-38-2)34-15-22(24(35)12-11-21-9-6-10-23(31)25(21)32)27(36)28(26(34)29(33)37)39-17-19-7-4-3-5-8-19;1-26-12-23(8-13(9-23)11-32-2)27-10-15(20(29)21(30)19(27)22(26)31)17(28)7-6-14-4-3-5-16(24)18(14)25;/h3-10,15,20H,11-14,16-18H2,1-2H3;3-5,10,13,30H,6-9,11-12H2,1-2H3;1H. The number of fused-ring (bicyclic) bond motifs is 4. The molecular weight excluding hydrogens is 997 g/mol. The Morgan fingerprint density at radius 3 is 1.58 bits per heavy atom. The van der Waals surface area contributed by atoms with Gasteiger partial charge in [-0.3, -0.25) is 28.8 Å². The molecule has 2 aliphatic heterocycles. The minimum atomic E-state index is -0.889. The second-order valence-electron chi connectivity index (χ2n) is 19.1. The number of ether oxygens (including phenoxy) is 3. The molecule has 2 spiro atoms. The third-order valence-corrected chi connectivity index (χ3v) is 14.7. The number of aromatic nitrogens is 2. The van der Waals surface area contributed by atoms with Crippen LogP contribution < -0.4 is 15.6 Å². The summed E-state index contributed by atoms with van der Waals surface area (Å²) in [5, 5.41) is 10.6. The average Bonchev–Trinajstić information content (AvgIpc) is 3.32. The lowest BCUT2D eigenvalue weighted by Crippen LogP contribution is -2.60. The molecule has 2 saturated carbocycles. The van der Waals surface area contributed by atoms with E-state index in [0.717, 1.165) is 18.4 Å². The van der Waals surface area contributed by atoms with Gasteiger partial charge in [-0.1, -0.05) is 77.8 Å². The van der Waals surface area contributed by atoms with Gasteiger partial charge in [-0.2, -0.15) is 0 Å². The smallest absolute Gasteiger partial charge is 0.274 e. The summed E-state index contributed by atoms with van der Waals surface area (Å²) in [6.07, 6.45) is 5.63. The van der Waals surface area contributed by atoms with E-state index in [4.69, 9.17) is 37.4 Å². The first kappa shape index (κ1) is 53.9. The minimum Gasteiger partial charge on any atom is -0.503 e. The highest BCUT2D eigenvalue weighted by Crippen LogP contribution is 2.49. The Kier molecular flexibility index (Phi) is 16.5. The van der Waals surface area contributed by atoms with Crippen molar-refractivity contribution in [3.8, 4) is 11.5 Å². The number of pyridine rings is 2. The summed E-state index contributed by atoms with van der Waals surface area (Å²) in [7, 11) is 6.61. The van der Waals surface area contributed by atoms with Gasteiger partial charge in [-0.25, -0.2) is 8.78 Å². The first-order valence-electron chi connectivity index (χ1n) is 23.3. The van der Waals surface area contributed by atoms with E-state index in [1.165, 1.54) is 35.5 Å². The lowest BCUT2D eigenvalue weighted by Gasteiger charge is -2.54. The summed E-state index contributed by atoms with van der Waals surface area (Å²) in [6, 6.07) is 18.5. The molecule has 0 bridgehead atoms. The zero-order valence-electron chi connectivity index (χ0n) is 40.2. The number of likely N-dealkylation sites (N-methyl/N-ethyl adjacent to an activating group) is 2. The maximum absolute atomic E-state index is 14.4. The molecule has 14 nitrogen and oxygen atoms in total. The van der Waals surface area contributed by atoms with Crippen LogP contribution in [0.2, 0.25) is 10.0 Å². The van der Waals surface area contributed by atoms with E-state index in [0.29, 0.717) is 50.6 Å². The number of ketones is 2. The van der Waals surface area contributed by atoms with Crippen LogP contribution in [0.1, 0.15) is 96.9 Å². The molecule has 2 fully saturated rings. The van der Waals surface area contributed by atoms with E-state index >= 15 is 0 Å². The summed E-state index contributed by atoms with van der Waals surface area (Å²) in [5.41, 5.74) is -1.37. The van der Waals surface area contributed by atoms with Crippen LogP contribution in [0, 0.1) is 23.5 Å². The van der Waals surface area contributed by atoms with Crippen molar-refractivity contribution in [2.75, 3.05) is 54.6 Å². The fourth-order valence-corrected chi connectivity index (χ4v) is 11.2. The predicted octanol–water partition coefficient (Wildman–Crippen LogP) is 8.29. The molecule has 3 aromatic carbocycles. The van der Waals surface area contributed by atoms with Crippen molar-refractivity contribution >= 4 is 59.0 Å². The van der Waals surface area contributed by atoms with E-state index < -0.39 is 56.8 Å². The van der Waals surface area contributed by atoms with Gasteiger partial charge in [0, 0.05) is 79.9 Å². The monoisotopic (exact) mass is 1050 g/mol. The average molecular weight is 1050 g/mol. The summed E-state index contributed by atoms with van der Waals surface area (Å²) in [5.74, 6) is -3.26. The first-order valence-corrected chi connectivity index (χ1v) is 24.0. The molecule has 5 aromatic rings. The quantitative estimate of drug-likeness (QED) is 0.101. The predicted molar refractivity (Wildman–Crippen MR) is 268 cm³/mol. The van der Waals surface area contributed by atoms with Crippen molar-refractivity contribution in [3.63, 3.8) is 0 Å². The Morgan fingerprint density at radius 1 is 0.667 bits per heavy atom. The van der Waals surface area contributed by atoms with Gasteiger partial charge < -0.3 is 38.3 Å². The van der Waals surface area contributed by atoms with Gasteiger partial charge in [0.25, 0.3) is 11.8 Å². The Morgan fingerprint density at radius 2 is 1.11 bits per heavy atom. The van der Waals surface area contributed by atoms with E-state index in [9.17, 15) is 42.7 Å². The van der Waals surface area contributed by atoms with Crippen LogP contribution in [0.5, 0.6) is 11.5 Å². The molecule has 72 heavy (non-hydrogen) atoms. The molecule has 0 unspecified atom stereocenters. The number of methoxy groups -OCH3 is 2. The number of halogens is 5. The molecule has 2 aromatic heterocycles. The SMILES string of the molecule is COCC1CC2(C1)CN(C)C(=O)c1c(O)c(=O)c(C(=O)CCc3cccc(Cl)c3F)cn12.COCC1CC2(C1)CN(C)C(=O)c1c(OCc3ccccc3)c(=O)c(C(=O)CCc3cccc(Cl)c3F)cn12.Cl. The fraction of sp³-hybridized carbons (Fsp3) is 0.396. The van der Waals surface area contributed by atoms with Crippen LogP contribution in [-0.2, 0) is 40.0 Å². The minimum absolute atomic E-state index is 0. The Bertz CT molecular complexity index is 3030. The van der Waals surface area contributed by atoms with Crippen LogP contribution in [-0.4, -0.2) is 102 Å². The molecule has 19 heteroatoms. The number of rotatable bonds is 15. The van der Waals surface area contributed by atoms with E-state index in [1.807, 2.05) is 30.3 Å². The zero-order chi connectivity index (χ0) is 50.9. The molecule has 1 N–H and O–H groups in total. The van der Waals surface area contributed by atoms with Gasteiger partial charge in [-0.15, -0.1) is 12.4 Å². The van der Waals surface area contributed by atoms with Gasteiger partial charge in [0.1, 0.15) is 18.2 Å². The number of benzene rings is 3. The van der Waals surface area contributed by atoms with E-state index in [2.05, 4.69) is 0 Å². The third kappa shape index (κ3) is 10.3. The number of amides is 2. The maximum atomic E-state index is 14.4. The lowest BCUT2D eigenvalue weighted by molar-refractivity contribution is -0.0192. The number of Topliss-reactive ketones (excluding diaryl/α,β-unsaturated/α-hetero) is 2. The molecule has 2 amide bonds. The van der Waals surface area contributed by atoms with E-state index in [-0.39, 0.29) is 100 Å². The van der Waals surface area contributed by atoms with Gasteiger partial charge in [0.05, 0.1) is 32.3 Å². The normalized spacial score (nSPS) is 20.7. The van der Waals surface area contributed by atoms with Crippen LogP contribution >= 0.6 is 35.6 Å². The Hall–Kier alpha value is -5.91. The Labute approximate surface area is 430 Å². The van der Waals surface area contributed by atoms with Crippen molar-refractivity contribution < 1.29 is 47.3 Å². The Balaban J connectivity index is 0.000000212. The molecule has 4 aliphatic rings. The highest BCUT2D eigenvalue weighted by atomic mass is 35.5. The molecule has 382 valence electrons. The summed E-state index contributed by atoms with van der Waals surface area (Å²) in [4.78, 5) is 82.1. The number of carbonyl (C=O) groups excluding carboxylic acids is 4. The molecule has 0 radical (unpaired) electrons. The van der Waals surface area contributed by atoms with Crippen LogP contribution in [0.25, 0.3) is 0 Å².